The third-order valence-electron chi connectivity index (χ3n) is 3.80. The molecule has 0 aromatic carbocycles. The fraction of sp³-hybridized carbons (Fsp3) is 0.533. The zero-order valence-electron chi connectivity index (χ0n) is 13.3. The van der Waals surface area contributed by atoms with E-state index in [9.17, 15) is 4.79 Å². The molecule has 2 rings (SSSR count). The van der Waals surface area contributed by atoms with Gasteiger partial charge in [0.1, 0.15) is 17.0 Å². The molecule has 0 N–H and O–H groups in total. The van der Waals surface area contributed by atoms with Crippen LogP contribution in [0.15, 0.2) is 6.33 Å². The Morgan fingerprint density at radius 2 is 1.90 bits per heavy atom. The molecule has 6 heteroatoms. The van der Waals surface area contributed by atoms with E-state index in [-0.39, 0.29) is 5.91 Å². The molecule has 114 valence electrons. The number of anilines is 1. The van der Waals surface area contributed by atoms with Crippen LogP contribution in [-0.2, 0) is 4.79 Å². The number of aryl methyl sites for hydroxylation is 2. The summed E-state index contributed by atoms with van der Waals surface area (Å²) in [5, 5.41) is 1.06. The Kier molecular flexibility index (Phi) is 4.77. The van der Waals surface area contributed by atoms with Gasteiger partial charge in [-0.15, -0.1) is 11.3 Å². The van der Waals surface area contributed by atoms with Crippen molar-refractivity contribution in [3.05, 3.63) is 16.8 Å². The number of fused-ring (bicyclic) bond motifs is 1. The van der Waals surface area contributed by atoms with Gasteiger partial charge in [0.2, 0.25) is 5.91 Å². The maximum absolute atomic E-state index is 12.3. The first-order valence-corrected chi connectivity index (χ1v) is 8.00. The number of likely N-dealkylation sites (N-methyl/N-ethyl adjacent to an activating group) is 2. The van der Waals surface area contributed by atoms with Crippen molar-refractivity contribution in [2.75, 3.05) is 31.6 Å². The minimum Gasteiger partial charge on any atom is -0.350 e. The Bertz CT molecular complexity index is 648. The average molecular weight is 306 g/mol. The van der Waals surface area contributed by atoms with E-state index in [0.29, 0.717) is 6.54 Å². The molecule has 5 nitrogen and oxygen atoms in total. The van der Waals surface area contributed by atoms with Crippen LogP contribution < -0.4 is 4.90 Å². The number of hydrogen-bond acceptors (Lipinski definition) is 5. The SMILES string of the molecule is CCN(CC)C(=O)CN(C)c1ncnc2sc(C)c(C)c12. The molecule has 0 bridgehead atoms. The van der Waals surface area contributed by atoms with Crippen molar-refractivity contribution in [1.82, 2.24) is 14.9 Å². The lowest BCUT2D eigenvalue weighted by Gasteiger charge is -2.24. The van der Waals surface area contributed by atoms with Gasteiger partial charge in [-0.1, -0.05) is 0 Å². The summed E-state index contributed by atoms with van der Waals surface area (Å²) < 4.78 is 0. The number of nitrogens with zero attached hydrogens (tertiary/aromatic N) is 4. The van der Waals surface area contributed by atoms with Crippen LogP contribution >= 0.6 is 11.3 Å². The van der Waals surface area contributed by atoms with Crippen LogP contribution in [0.3, 0.4) is 0 Å². The zero-order valence-corrected chi connectivity index (χ0v) is 14.1. The zero-order chi connectivity index (χ0) is 15.6. The number of aromatic nitrogens is 2. The summed E-state index contributed by atoms with van der Waals surface area (Å²) >= 11 is 1.67. The molecule has 0 saturated heterocycles. The average Bonchev–Trinajstić information content (AvgIpc) is 2.75. The molecule has 0 fully saturated rings. The van der Waals surface area contributed by atoms with E-state index in [0.717, 1.165) is 29.1 Å². The van der Waals surface area contributed by atoms with Crippen molar-refractivity contribution in [2.24, 2.45) is 0 Å². The normalized spacial score (nSPS) is 10.9. The summed E-state index contributed by atoms with van der Waals surface area (Å²) in [5.74, 6) is 0.959. The van der Waals surface area contributed by atoms with E-state index >= 15 is 0 Å². The Hall–Kier alpha value is -1.69. The van der Waals surface area contributed by atoms with Crippen molar-refractivity contribution in [2.45, 2.75) is 27.7 Å². The number of carbonyl (C=O) groups is 1. The minimum absolute atomic E-state index is 0.124. The largest absolute Gasteiger partial charge is 0.350 e. The van der Waals surface area contributed by atoms with Crippen molar-refractivity contribution in [3.8, 4) is 0 Å². The van der Waals surface area contributed by atoms with E-state index < -0.39 is 0 Å². The second-order valence-electron chi connectivity index (χ2n) is 5.08. The van der Waals surface area contributed by atoms with E-state index in [1.807, 2.05) is 30.7 Å². The highest BCUT2D eigenvalue weighted by molar-refractivity contribution is 7.18. The van der Waals surface area contributed by atoms with E-state index in [2.05, 4.69) is 23.8 Å². The minimum atomic E-state index is 0.124. The van der Waals surface area contributed by atoms with Crippen LogP contribution in [0.2, 0.25) is 0 Å². The smallest absolute Gasteiger partial charge is 0.242 e. The van der Waals surface area contributed by atoms with Gasteiger partial charge in [-0.3, -0.25) is 4.79 Å². The summed E-state index contributed by atoms with van der Waals surface area (Å²) in [6, 6.07) is 0. The molecule has 0 radical (unpaired) electrons. The van der Waals surface area contributed by atoms with Crippen LogP contribution in [0.1, 0.15) is 24.3 Å². The molecule has 0 aliphatic carbocycles. The summed E-state index contributed by atoms with van der Waals surface area (Å²) in [4.78, 5) is 27.0. The first-order chi connectivity index (χ1) is 9.99. The maximum atomic E-state index is 12.3. The molecular formula is C15H22N4OS. The molecular weight excluding hydrogens is 284 g/mol. The third-order valence-corrected chi connectivity index (χ3v) is 4.91. The summed E-state index contributed by atoms with van der Waals surface area (Å²) in [7, 11) is 1.91. The highest BCUT2D eigenvalue weighted by Crippen LogP contribution is 2.33. The van der Waals surface area contributed by atoms with Crippen LogP contribution in [0.4, 0.5) is 5.82 Å². The molecule has 0 saturated carbocycles. The van der Waals surface area contributed by atoms with Crippen LogP contribution in [-0.4, -0.2) is 47.5 Å². The lowest BCUT2D eigenvalue weighted by atomic mass is 10.2. The standard InChI is InChI=1S/C15H22N4OS/c1-6-19(7-2)12(20)8-18(5)14-13-10(3)11(4)21-15(13)17-9-16-14/h9H,6-8H2,1-5H3. The van der Waals surface area contributed by atoms with Crippen LogP contribution in [0.5, 0.6) is 0 Å². The fourth-order valence-electron chi connectivity index (χ4n) is 2.41. The van der Waals surface area contributed by atoms with Crippen molar-refractivity contribution in [3.63, 3.8) is 0 Å². The molecule has 0 spiro atoms. The molecule has 2 aromatic rings. The van der Waals surface area contributed by atoms with Gasteiger partial charge in [0.25, 0.3) is 0 Å². The predicted molar refractivity (Wildman–Crippen MR) is 88.1 cm³/mol. The van der Waals surface area contributed by atoms with Gasteiger partial charge in [0.05, 0.1) is 11.9 Å². The van der Waals surface area contributed by atoms with Crippen LogP contribution in [0, 0.1) is 13.8 Å². The van der Waals surface area contributed by atoms with Gasteiger partial charge in [0.15, 0.2) is 0 Å². The third kappa shape index (κ3) is 3.00. The maximum Gasteiger partial charge on any atom is 0.242 e. The van der Waals surface area contributed by atoms with Gasteiger partial charge < -0.3 is 9.80 Å². The molecule has 21 heavy (non-hydrogen) atoms. The van der Waals surface area contributed by atoms with Gasteiger partial charge >= 0.3 is 0 Å². The van der Waals surface area contributed by atoms with Crippen molar-refractivity contribution < 1.29 is 4.79 Å². The summed E-state index contributed by atoms with van der Waals surface area (Å²) in [6.45, 7) is 9.97. The highest BCUT2D eigenvalue weighted by atomic mass is 32.1. The Labute approximate surface area is 129 Å². The quantitative estimate of drug-likeness (QED) is 0.852. The monoisotopic (exact) mass is 306 g/mol. The number of rotatable bonds is 5. The predicted octanol–water partition coefficient (Wildman–Crippen LogP) is 2.61. The molecule has 0 atom stereocenters. The lowest BCUT2D eigenvalue weighted by Crippen LogP contribution is -2.39. The molecule has 2 aromatic heterocycles. The van der Waals surface area contributed by atoms with Gasteiger partial charge in [-0.25, -0.2) is 9.97 Å². The topological polar surface area (TPSA) is 49.3 Å². The number of carbonyl (C=O) groups excluding carboxylic acids is 1. The first-order valence-electron chi connectivity index (χ1n) is 7.19. The van der Waals surface area contributed by atoms with E-state index in [4.69, 9.17) is 0 Å². The Balaban J connectivity index is 2.31. The van der Waals surface area contributed by atoms with E-state index in [1.54, 1.807) is 17.7 Å². The van der Waals surface area contributed by atoms with E-state index in [1.165, 1.54) is 10.4 Å². The number of thiophene rings is 1. The number of amides is 1. The Morgan fingerprint density at radius 1 is 1.24 bits per heavy atom. The molecule has 0 aliphatic rings. The Morgan fingerprint density at radius 3 is 2.52 bits per heavy atom. The second kappa shape index (κ2) is 6.39. The molecule has 2 heterocycles. The van der Waals surface area contributed by atoms with Gasteiger partial charge in [0, 0.05) is 25.0 Å². The lowest BCUT2D eigenvalue weighted by molar-refractivity contribution is -0.129. The van der Waals surface area contributed by atoms with Crippen molar-refractivity contribution >= 4 is 33.3 Å². The summed E-state index contributed by atoms with van der Waals surface area (Å²) in [6.07, 6.45) is 1.57. The molecule has 0 aliphatic heterocycles. The first kappa shape index (κ1) is 15.7. The number of hydrogen-bond donors (Lipinski definition) is 0. The second-order valence-corrected chi connectivity index (χ2v) is 6.29. The molecule has 1 amide bonds. The van der Waals surface area contributed by atoms with Gasteiger partial charge in [-0.05, 0) is 33.3 Å². The molecule has 0 unspecified atom stereocenters. The van der Waals surface area contributed by atoms with Crippen molar-refractivity contribution in [1.29, 1.82) is 0 Å². The fourth-order valence-corrected chi connectivity index (χ4v) is 3.40. The van der Waals surface area contributed by atoms with Crippen LogP contribution in [0.25, 0.3) is 10.2 Å². The highest BCUT2D eigenvalue weighted by Gasteiger charge is 2.18. The summed E-state index contributed by atoms with van der Waals surface area (Å²) in [5.41, 5.74) is 1.20. The van der Waals surface area contributed by atoms with Gasteiger partial charge in [-0.2, -0.15) is 0 Å².